The molecule has 2 fully saturated rings. The number of Topliss-reactive ketones (excluding diaryl/α,β-unsaturated/α-hetero) is 1. The average Bonchev–Trinajstić information content (AvgIpc) is 3.38. The largest absolute Gasteiger partial charge is 0.295 e. The van der Waals surface area contributed by atoms with Gasteiger partial charge in [-0.3, -0.25) is 14.4 Å². The highest BCUT2D eigenvalue weighted by molar-refractivity contribution is 6.25. The van der Waals surface area contributed by atoms with E-state index < -0.39 is 10.8 Å². The SMILES string of the molecule is CC(=O)c1cccc(N2C(=O)C[C@]3(CC3(c3ccccc3)c3ccccc3)C2=O)c1. The summed E-state index contributed by atoms with van der Waals surface area (Å²) in [5.41, 5.74) is 1.75. The third kappa shape index (κ3) is 2.43. The first-order chi connectivity index (χ1) is 14.5. The molecular weight excluding hydrogens is 374 g/mol. The number of anilines is 1. The molecule has 0 aromatic heterocycles. The highest BCUT2D eigenvalue weighted by Crippen LogP contribution is 2.72. The Hall–Kier alpha value is -3.53. The van der Waals surface area contributed by atoms with Gasteiger partial charge in [-0.05, 0) is 36.6 Å². The van der Waals surface area contributed by atoms with E-state index in [0.717, 1.165) is 11.1 Å². The molecule has 30 heavy (non-hydrogen) atoms. The Balaban J connectivity index is 1.62. The Morgan fingerprint density at radius 2 is 1.43 bits per heavy atom. The minimum absolute atomic E-state index is 0.0972. The summed E-state index contributed by atoms with van der Waals surface area (Å²) in [6, 6.07) is 26.7. The van der Waals surface area contributed by atoms with Gasteiger partial charge in [0.2, 0.25) is 11.8 Å². The van der Waals surface area contributed by atoms with Gasteiger partial charge in [0.25, 0.3) is 0 Å². The maximum Gasteiger partial charge on any atom is 0.241 e. The fourth-order valence-electron chi connectivity index (χ4n) is 5.11. The van der Waals surface area contributed by atoms with Gasteiger partial charge in [0.15, 0.2) is 5.78 Å². The van der Waals surface area contributed by atoms with Gasteiger partial charge in [-0.25, -0.2) is 4.90 Å². The molecule has 2 amide bonds. The summed E-state index contributed by atoms with van der Waals surface area (Å²) >= 11 is 0. The Kier molecular flexibility index (Phi) is 4.00. The number of imide groups is 1. The van der Waals surface area contributed by atoms with Crippen LogP contribution in [0.4, 0.5) is 5.69 Å². The first kappa shape index (κ1) is 18.5. The van der Waals surface area contributed by atoms with Gasteiger partial charge < -0.3 is 0 Å². The molecule has 3 aromatic rings. The van der Waals surface area contributed by atoms with Crippen LogP contribution in [0, 0.1) is 5.41 Å². The molecule has 1 saturated heterocycles. The number of amides is 2. The van der Waals surface area contributed by atoms with Crippen molar-refractivity contribution in [2.75, 3.05) is 4.90 Å². The molecule has 1 atom stereocenters. The van der Waals surface area contributed by atoms with E-state index in [0.29, 0.717) is 17.7 Å². The predicted octanol–water partition coefficient (Wildman–Crippen LogP) is 4.53. The number of ketones is 1. The minimum Gasteiger partial charge on any atom is -0.295 e. The Morgan fingerprint density at radius 3 is 2.00 bits per heavy atom. The minimum atomic E-state index is -0.793. The summed E-state index contributed by atoms with van der Waals surface area (Å²) in [5.74, 6) is -0.490. The number of hydrogen-bond acceptors (Lipinski definition) is 3. The molecule has 1 aliphatic carbocycles. The maximum absolute atomic E-state index is 13.8. The van der Waals surface area contributed by atoms with E-state index in [4.69, 9.17) is 0 Å². The predicted molar refractivity (Wildman–Crippen MR) is 114 cm³/mol. The molecule has 148 valence electrons. The van der Waals surface area contributed by atoms with Crippen molar-refractivity contribution in [3.8, 4) is 0 Å². The fraction of sp³-hybridized carbons (Fsp3) is 0.192. The molecule has 1 heterocycles. The second-order valence-electron chi connectivity index (χ2n) is 8.21. The standard InChI is InChI=1S/C26H21NO3/c1-18(28)19-9-8-14-22(15-19)27-23(29)16-25(24(27)30)17-26(25,20-10-4-2-5-11-20)21-12-6-3-7-13-21/h2-15H,16-17H2,1H3/t25-/m0/s1. The second kappa shape index (κ2) is 6.49. The Labute approximate surface area is 175 Å². The zero-order valence-electron chi connectivity index (χ0n) is 16.7. The van der Waals surface area contributed by atoms with Gasteiger partial charge in [0, 0.05) is 17.4 Å². The van der Waals surface area contributed by atoms with Crippen molar-refractivity contribution >= 4 is 23.3 Å². The van der Waals surface area contributed by atoms with Gasteiger partial charge in [-0.2, -0.15) is 0 Å². The number of benzene rings is 3. The summed E-state index contributed by atoms with van der Waals surface area (Å²) in [4.78, 5) is 39.9. The Bertz CT molecular complexity index is 1130. The van der Waals surface area contributed by atoms with Crippen molar-refractivity contribution < 1.29 is 14.4 Å². The molecule has 1 spiro atoms. The summed E-state index contributed by atoms with van der Waals surface area (Å²) in [7, 11) is 0. The van der Waals surface area contributed by atoms with E-state index >= 15 is 0 Å². The van der Waals surface area contributed by atoms with Crippen molar-refractivity contribution in [2.24, 2.45) is 5.41 Å². The van der Waals surface area contributed by atoms with E-state index in [1.54, 1.807) is 24.3 Å². The molecule has 4 nitrogen and oxygen atoms in total. The number of carbonyl (C=O) groups is 3. The molecule has 1 aliphatic heterocycles. The van der Waals surface area contributed by atoms with Crippen LogP contribution in [0.3, 0.4) is 0 Å². The number of nitrogens with zero attached hydrogens (tertiary/aromatic N) is 1. The average molecular weight is 395 g/mol. The lowest BCUT2D eigenvalue weighted by Gasteiger charge is -2.23. The highest BCUT2D eigenvalue weighted by Gasteiger charge is 2.77. The van der Waals surface area contributed by atoms with Crippen LogP contribution in [-0.4, -0.2) is 17.6 Å². The molecule has 0 unspecified atom stereocenters. The molecule has 0 N–H and O–H groups in total. The third-order valence-corrected chi connectivity index (χ3v) is 6.62. The first-order valence-electron chi connectivity index (χ1n) is 10.1. The number of carbonyl (C=O) groups excluding carboxylic acids is 3. The smallest absolute Gasteiger partial charge is 0.241 e. The van der Waals surface area contributed by atoms with Gasteiger partial charge >= 0.3 is 0 Å². The van der Waals surface area contributed by atoms with Crippen LogP contribution in [0.2, 0.25) is 0 Å². The van der Waals surface area contributed by atoms with Gasteiger partial charge in [0.1, 0.15) is 0 Å². The quantitative estimate of drug-likeness (QED) is 0.482. The molecule has 4 heteroatoms. The van der Waals surface area contributed by atoms with E-state index in [9.17, 15) is 14.4 Å². The van der Waals surface area contributed by atoms with Gasteiger partial charge in [-0.15, -0.1) is 0 Å². The number of hydrogen-bond donors (Lipinski definition) is 0. The summed E-state index contributed by atoms with van der Waals surface area (Å²) in [5, 5.41) is 0. The first-order valence-corrected chi connectivity index (χ1v) is 10.1. The van der Waals surface area contributed by atoms with Gasteiger partial charge in [0.05, 0.1) is 11.1 Å². The van der Waals surface area contributed by atoms with E-state index in [2.05, 4.69) is 0 Å². The van der Waals surface area contributed by atoms with Crippen molar-refractivity contribution in [2.45, 2.75) is 25.2 Å². The Morgan fingerprint density at radius 1 is 0.833 bits per heavy atom. The van der Waals surface area contributed by atoms with Gasteiger partial charge in [-0.1, -0.05) is 72.8 Å². The zero-order chi connectivity index (χ0) is 20.9. The van der Waals surface area contributed by atoms with Crippen molar-refractivity contribution in [3.05, 3.63) is 102 Å². The van der Waals surface area contributed by atoms with Crippen LogP contribution in [0.15, 0.2) is 84.9 Å². The van der Waals surface area contributed by atoms with Crippen LogP contribution in [0.5, 0.6) is 0 Å². The molecule has 3 aromatic carbocycles. The number of rotatable bonds is 4. The normalized spacial score (nSPS) is 21.8. The molecule has 0 radical (unpaired) electrons. The van der Waals surface area contributed by atoms with Crippen LogP contribution in [0.1, 0.15) is 41.3 Å². The lowest BCUT2D eigenvalue weighted by molar-refractivity contribution is -0.123. The lowest BCUT2D eigenvalue weighted by Crippen LogP contribution is -2.33. The van der Waals surface area contributed by atoms with Crippen LogP contribution < -0.4 is 4.90 Å². The maximum atomic E-state index is 13.8. The monoisotopic (exact) mass is 395 g/mol. The van der Waals surface area contributed by atoms with E-state index in [1.807, 2.05) is 60.7 Å². The second-order valence-corrected chi connectivity index (χ2v) is 8.21. The summed E-state index contributed by atoms with van der Waals surface area (Å²) in [6.45, 7) is 1.48. The summed E-state index contributed by atoms with van der Waals surface area (Å²) < 4.78 is 0. The van der Waals surface area contributed by atoms with Crippen molar-refractivity contribution in [1.29, 1.82) is 0 Å². The zero-order valence-corrected chi connectivity index (χ0v) is 16.7. The van der Waals surface area contributed by atoms with E-state index in [1.165, 1.54) is 11.8 Å². The third-order valence-electron chi connectivity index (χ3n) is 6.62. The van der Waals surface area contributed by atoms with Crippen molar-refractivity contribution in [1.82, 2.24) is 0 Å². The molecule has 2 aliphatic rings. The van der Waals surface area contributed by atoms with Crippen LogP contribution in [0.25, 0.3) is 0 Å². The molecule has 1 saturated carbocycles. The van der Waals surface area contributed by atoms with E-state index in [-0.39, 0.29) is 24.0 Å². The van der Waals surface area contributed by atoms with Crippen LogP contribution >= 0.6 is 0 Å². The summed E-state index contributed by atoms with van der Waals surface area (Å²) in [6.07, 6.45) is 0.765. The highest BCUT2D eigenvalue weighted by atomic mass is 16.2. The lowest BCUT2D eigenvalue weighted by atomic mass is 9.79. The fourth-order valence-corrected chi connectivity index (χ4v) is 5.11. The molecule has 5 rings (SSSR count). The van der Waals surface area contributed by atoms with Crippen molar-refractivity contribution in [3.63, 3.8) is 0 Å². The topological polar surface area (TPSA) is 54.5 Å². The molecular formula is C26H21NO3. The molecule has 0 bridgehead atoms. The van der Waals surface area contributed by atoms with Crippen LogP contribution in [-0.2, 0) is 15.0 Å².